The van der Waals surface area contributed by atoms with Crippen LogP contribution in [0.25, 0.3) is 16.5 Å². The first-order valence-electron chi connectivity index (χ1n) is 6.75. The van der Waals surface area contributed by atoms with Crippen LogP contribution in [0.1, 0.15) is 22.9 Å². The molecule has 0 fully saturated rings. The van der Waals surface area contributed by atoms with Crippen molar-refractivity contribution in [2.45, 2.75) is 13.0 Å². The highest BCUT2D eigenvalue weighted by atomic mass is 16.3. The Morgan fingerprint density at radius 3 is 3.05 bits per heavy atom. The lowest BCUT2D eigenvalue weighted by atomic mass is 10.1. The van der Waals surface area contributed by atoms with Gasteiger partial charge in [0.15, 0.2) is 0 Å². The molecule has 0 saturated heterocycles. The van der Waals surface area contributed by atoms with Crippen LogP contribution in [0.15, 0.2) is 53.5 Å². The number of fused-ring (bicyclic) bond motifs is 2. The summed E-state index contributed by atoms with van der Waals surface area (Å²) >= 11 is 0. The Balaban J connectivity index is 1.83. The van der Waals surface area contributed by atoms with Gasteiger partial charge >= 0.3 is 0 Å². The fraction of sp³-hybridized carbons (Fsp3) is 0.125. The molecule has 0 amide bonds. The molecule has 0 aliphatic rings. The fourth-order valence-corrected chi connectivity index (χ4v) is 2.58. The van der Waals surface area contributed by atoms with Crippen molar-refractivity contribution in [3.8, 4) is 0 Å². The Kier molecular flexibility index (Phi) is 2.55. The predicted octanol–water partition coefficient (Wildman–Crippen LogP) is 2.83. The van der Waals surface area contributed by atoms with Crippen LogP contribution in [0, 0.1) is 6.92 Å². The van der Waals surface area contributed by atoms with Gasteiger partial charge in [-0.2, -0.15) is 5.10 Å². The number of hydrogen-bond donors (Lipinski definition) is 1. The highest BCUT2D eigenvalue weighted by Gasteiger charge is 2.18. The third-order valence-electron chi connectivity index (χ3n) is 3.69. The van der Waals surface area contributed by atoms with E-state index in [0.717, 1.165) is 27.8 Å². The number of rotatable bonds is 2. The summed E-state index contributed by atoms with van der Waals surface area (Å²) in [5, 5.41) is 5.35. The smallest absolute Gasteiger partial charge is 0.134 e. The maximum absolute atomic E-state index is 6.35. The number of nitrogens with zero attached hydrogens (tertiary/aromatic N) is 3. The van der Waals surface area contributed by atoms with Gasteiger partial charge < -0.3 is 10.2 Å². The van der Waals surface area contributed by atoms with Crippen molar-refractivity contribution in [1.82, 2.24) is 14.6 Å². The second-order valence-electron chi connectivity index (χ2n) is 5.17. The van der Waals surface area contributed by atoms with Crippen LogP contribution in [0.5, 0.6) is 0 Å². The zero-order chi connectivity index (χ0) is 14.4. The molecule has 1 unspecified atom stereocenters. The molecule has 1 aromatic carbocycles. The first-order valence-corrected chi connectivity index (χ1v) is 6.75. The summed E-state index contributed by atoms with van der Waals surface area (Å²) in [5.41, 5.74) is 10.2. The fourth-order valence-electron chi connectivity index (χ4n) is 2.58. The van der Waals surface area contributed by atoms with Gasteiger partial charge in [-0.25, -0.2) is 4.52 Å². The van der Waals surface area contributed by atoms with Crippen molar-refractivity contribution >= 4 is 16.5 Å². The van der Waals surface area contributed by atoms with Crippen molar-refractivity contribution in [3.05, 3.63) is 65.9 Å². The Hall–Kier alpha value is -2.66. The topological polar surface area (TPSA) is 69.3 Å². The van der Waals surface area contributed by atoms with Crippen molar-refractivity contribution in [2.75, 3.05) is 0 Å². The molecule has 104 valence electrons. The highest BCUT2D eigenvalue weighted by Crippen LogP contribution is 2.28. The molecule has 1 atom stereocenters. The van der Waals surface area contributed by atoms with E-state index >= 15 is 0 Å². The number of aromatic nitrogens is 3. The van der Waals surface area contributed by atoms with Gasteiger partial charge in [0, 0.05) is 23.3 Å². The number of hydrogen-bond acceptors (Lipinski definition) is 4. The van der Waals surface area contributed by atoms with E-state index in [2.05, 4.69) is 23.1 Å². The SMILES string of the molecule is Cc1ccc2oc(C(N)c3cnn4ccncc34)cc2c1. The first-order chi connectivity index (χ1) is 10.2. The van der Waals surface area contributed by atoms with Gasteiger partial charge in [-0.05, 0) is 25.1 Å². The van der Waals surface area contributed by atoms with E-state index in [-0.39, 0.29) is 6.04 Å². The Bertz CT molecular complexity index is 938. The maximum atomic E-state index is 6.35. The van der Waals surface area contributed by atoms with E-state index in [9.17, 15) is 0 Å². The Morgan fingerprint density at radius 2 is 2.14 bits per heavy atom. The van der Waals surface area contributed by atoms with Gasteiger partial charge in [-0.15, -0.1) is 0 Å². The molecule has 0 aliphatic carbocycles. The van der Waals surface area contributed by atoms with Gasteiger partial charge in [0.2, 0.25) is 0 Å². The Labute approximate surface area is 121 Å². The molecule has 0 radical (unpaired) electrons. The number of aryl methyl sites for hydroxylation is 1. The lowest BCUT2D eigenvalue weighted by molar-refractivity contribution is 0.526. The van der Waals surface area contributed by atoms with E-state index in [4.69, 9.17) is 10.2 Å². The summed E-state index contributed by atoms with van der Waals surface area (Å²) in [4.78, 5) is 4.13. The molecule has 4 rings (SSSR count). The van der Waals surface area contributed by atoms with E-state index in [1.807, 2.05) is 18.2 Å². The Morgan fingerprint density at radius 1 is 1.24 bits per heavy atom. The van der Waals surface area contributed by atoms with E-state index < -0.39 is 0 Å². The van der Waals surface area contributed by atoms with Gasteiger partial charge in [0.1, 0.15) is 11.3 Å². The lowest BCUT2D eigenvalue weighted by Gasteiger charge is -2.06. The lowest BCUT2D eigenvalue weighted by Crippen LogP contribution is -2.10. The molecule has 5 heteroatoms. The third kappa shape index (κ3) is 1.90. The number of benzene rings is 1. The van der Waals surface area contributed by atoms with E-state index in [1.54, 1.807) is 29.3 Å². The number of nitrogens with two attached hydrogens (primary N) is 1. The maximum Gasteiger partial charge on any atom is 0.134 e. The van der Waals surface area contributed by atoms with Gasteiger partial charge in [-0.1, -0.05) is 11.6 Å². The molecule has 4 aromatic rings. The molecule has 0 saturated carbocycles. The van der Waals surface area contributed by atoms with Crippen LogP contribution in [0.2, 0.25) is 0 Å². The molecule has 5 nitrogen and oxygen atoms in total. The standard InChI is InChI=1S/C16H14N4O/c1-10-2-3-14-11(6-10)7-15(21-14)16(17)12-8-19-20-5-4-18-9-13(12)20/h2-9,16H,17H2,1H3. The molecule has 0 spiro atoms. The van der Waals surface area contributed by atoms with Gasteiger partial charge in [0.05, 0.1) is 24.0 Å². The quantitative estimate of drug-likeness (QED) is 0.612. The van der Waals surface area contributed by atoms with Crippen molar-refractivity contribution in [2.24, 2.45) is 5.73 Å². The first kappa shape index (κ1) is 12.1. The number of furan rings is 1. The second-order valence-corrected chi connectivity index (χ2v) is 5.17. The molecule has 2 N–H and O–H groups in total. The minimum atomic E-state index is -0.362. The van der Waals surface area contributed by atoms with Crippen molar-refractivity contribution in [1.29, 1.82) is 0 Å². The predicted molar refractivity (Wildman–Crippen MR) is 80.0 cm³/mol. The van der Waals surface area contributed by atoms with Crippen LogP contribution >= 0.6 is 0 Å². The highest BCUT2D eigenvalue weighted by molar-refractivity contribution is 5.79. The second kappa shape index (κ2) is 4.43. The summed E-state index contributed by atoms with van der Waals surface area (Å²) in [6, 6.07) is 7.72. The van der Waals surface area contributed by atoms with Crippen LogP contribution in [-0.2, 0) is 0 Å². The molecule has 0 aliphatic heterocycles. The molecule has 3 heterocycles. The van der Waals surface area contributed by atoms with Crippen LogP contribution in [0.3, 0.4) is 0 Å². The van der Waals surface area contributed by atoms with E-state index in [1.165, 1.54) is 5.56 Å². The molecule has 3 aromatic heterocycles. The average molecular weight is 278 g/mol. The van der Waals surface area contributed by atoms with Gasteiger partial charge in [-0.3, -0.25) is 4.98 Å². The van der Waals surface area contributed by atoms with Crippen LogP contribution in [-0.4, -0.2) is 14.6 Å². The van der Waals surface area contributed by atoms with Crippen molar-refractivity contribution in [3.63, 3.8) is 0 Å². The summed E-state index contributed by atoms with van der Waals surface area (Å²) in [7, 11) is 0. The zero-order valence-corrected chi connectivity index (χ0v) is 11.5. The summed E-state index contributed by atoms with van der Waals surface area (Å²) in [6.07, 6.45) is 7.02. The molecule has 21 heavy (non-hydrogen) atoms. The normalized spacial score (nSPS) is 13.0. The zero-order valence-electron chi connectivity index (χ0n) is 11.5. The minimum absolute atomic E-state index is 0.362. The monoisotopic (exact) mass is 278 g/mol. The van der Waals surface area contributed by atoms with E-state index in [0.29, 0.717) is 0 Å². The summed E-state index contributed by atoms with van der Waals surface area (Å²) < 4.78 is 7.63. The minimum Gasteiger partial charge on any atom is -0.459 e. The molecular formula is C16H14N4O. The average Bonchev–Trinajstić information content (AvgIpc) is 3.09. The molecular weight excluding hydrogens is 264 g/mol. The summed E-state index contributed by atoms with van der Waals surface area (Å²) in [6.45, 7) is 2.06. The third-order valence-corrected chi connectivity index (χ3v) is 3.69. The van der Waals surface area contributed by atoms with Crippen molar-refractivity contribution < 1.29 is 4.42 Å². The summed E-state index contributed by atoms with van der Waals surface area (Å²) in [5.74, 6) is 0.731. The molecule has 0 bridgehead atoms. The van der Waals surface area contributed by atoms with Crippen LogP contribution in [0.4, 0.5) is 0 Å². The van der Waals surface area contributed by atoms with Gasteiger partial charge in [0.25, 0.3) is 0 Å². The largest absolute Gasteiger partial charge is 0.459 e. The van der Waals surface area contributed by atoms with Crippen LogP contribution < -0.4 is 5.73 Å².